The molecule has 0 fully saturated rings. The first-order valence-electron chi connectivity index (χ1n) is 9.72. The van der Waals surface area contributed by atoms with E-state index in [0.717, 1.165) is 16.8 Å². The number of benzene rings is 3. The lowest BCUT2D eigenvalue weighted by Gasteiger charge is -2.16. The zero-order valence-corrected chi connectivity index (χ0v) is 17.2. The molecule has 0 unspecified atom stereocenters. The Balaban J connectivity index is 1.75. The number of nitrogens with one attached hydrogen (secondary N) is 2. The summed E-state index contributed by atoms with van der Waals surface area (Å²) in [6, 6.07) is 21.2. The molecule has 5 nitrogen and oxygen atoms in total. The first-order chi connectivity index (χ1) is 14.4. The Morgan fingerprint density at radius 3 is 2.03 bits per heavy atom. The third-order valence-electron chi connectivity index (χ3n) is 4.87. The van der Waals surface area contributed by atoms with E-state index < -0.39 is 0 Å². The van der Waals surface area contributed by atoms with Crippen molar-refractivity contribution in [3.8, 4) is 6.07 Å². The highest BCUT2D eigenvalue weighted by molar-refractivity contribution is 6.07. The third kappa shape index (κ3) is 4.56. The van der Waals surface area contributed by atoms with Gasteiger partial charge in [-0.15, -0.1) is 0 Å². The van der Waals surface area contributed by atoms with E-state index in [0.29, 0.717) is 22.4 Å². The Kier molecular flexibility index (Phi) is 6.29. The van der Waals surface area contributed by atoms with Gasteiger partial charge in [0.25, 0.3) is 11.8 Å². The minimum Gasteiger partial charge on any atom is -0.321 e. The van der Waals surface area contributed by atoms with Gasteiger partial charge in [-0.2, -0.15) is 5.26 Å². The van der Waals surface area contributed by atoms with Gasteiger partial charge in [0.15, 0.2) is 0 Å². The Morgan fingerprint density at radius 2 is 1.43 bits per heavy atom. The van der Waals surface area contributed by atoms with Crippen molar-refractivity contribution in [2.45, 2.75) is 26.7 Å². The largest absolute Gasteiger partial charge is 0.321 e. The van der Waals surface area contributed by atoms with Crippen LogP contribution in [0.4, 0.5) is 11.4 Å². The molecule has 2 amide bonds. The molecule has 0 heterocycles. The lowest BCUT2D eigenvalue weighted by atomic mass is 9.98. The molecule has 2 N–H and O–H groups in total. The number of para-hydroxylation sites is 2. The van der Waals surface area contributed by atoms with Crippen molar-refractivity contribution in [2.24, 2.45) is 0 Å². The van der Waals surface area contributed by atoms with E-state index in [9.17, 15) is 9.59 Å². The number of anilines is 2. The Labute approximate surface area is 176 Å². The molecule has 0 spiro atoms. The summed E-state index contributed by atoms with van der Waals surface area (Å²) in [4.78, 5) is 25.2. The molecule has 0 saturated heterocycles. The Bertz CT molecular complexity index is 1130. The summed E-state index contributed by atoms with van der Waals surface area (Å²) < 4.78 is 0. The fourth-order valence-corrected chi connectivity index (χ4v) is 3.19. The van der Waals surface area contributed by atoms with Crippen LogP contribution < -0.4 is 10.6 Å². The summed E-state index contributed by atoms with van der Waals surface area (Å²) in [6.07, 6.45) is 0. The second kappa shape index (κ2) is 9.06. The summed E-state index contributed by atoms with van der Waals surface area (Å²) >= 11 is 0. The molecule has 0 aliphatic heterocycles. The summed E-state index contributed by atoms with van der Waals surface area (Å²) in [5.74, 6) is -0.291. The van der Waals surface area contributed by atoms with Crippen molar-refractivity contribution in [3.05, 3.63) is 94.5 Å². The van der Waals surface area contributed by atoms with E-state index >= 15 is 0 Å². The quantitative estimate of drug-likeness (QED) is 0.597. The van der Waals surface area contributed by atoms with Crippen LogP contribution in [0.2, 0.25) is 0 Å². The fraction of sp³-hybridized carbons (Fsp3) is 0.160. The highest BCUT2D eigenvalue weighted by Gasteiger charge is 2.14. The molecular weight excluding hydrogens is 374 g/mol. The fourth-order valence-electron chi connectivity index (χ4n) is 3.19. The molecule has 0 saturated carbocycles. The summed E-state index contributed by atoms with van der Waals surface area (Å²) in [5, 5.41) is 14.9. The zero-order valence-electron chi connectivity index (χ0n) is 17.2. The number of hydrogen-bond acceptors (Lipinski definition) is 3. The van der Waals surface area contributed by atoms with Gasteiger partial charge in [-0.1, -0.05) is 44.2 Å². The second-order valence-electron chi connectivity index (χ2n) is 7.34. The first-order valence-corrected chi connectivity index (χ1v) is 9.72. The van der Waals surface area contributed by atoms with Gasteiger partial charge in [0.1, 0.15) is 6.07 Å². The molecular formula is C25H23N3O2. The van der Waals surface area contributed by atoms with Crippen LogP contribution >= 0.6 is 0 Å². The molecule has 0 radical (unpaired) electrons. The van der Waals surface area contributed by atoms with Crippen LogP contribution in [0.25, 0.3) is 0 Å². The Morgan fingerprint density at radius 1 is 0.833 bits per heavy atom. The molecule has 3 rings (SSSR count). The highest BCUT2D eigenvalue weighted by Crippen LogP contribution is 2.28. The van der Waals surface area contributed by atoms with Crippen LogP contribution in [0.1, 0.15) is 57.2 Å². The minimum absolute atomic E-state index is 0.229. The zero-order chi connectivity index (χ0) is 21.7. The number of carbonyl (C=O) groups is 2. The van der Waals surface area contributed by atoms with Crippen molar-refractivity contribution in [3.63, 3.8) is 0 Å². The smallest absolute Gasteiger partial charge is 0.255 e. The first kappa shape index (κ1) is 20.8. The van der Waals surface area contributed by atoms with Gasteiger partial charge in [-0.05, 0) is 60.4 Å². The van der Waals surface area contributed by atoms with Crippen molar-refractivity contribution >= 4 is 23.2 Å². The predicted molar refractivity (Wildman–Crippen MR) is 119 cm³/mol. The van der Waals surface area contributed by atoms with Gasteiger partial charge in [-0.25, -0.2) is 0 Å². The van der Waals surface area contributed by atoms with Gasteiger partial charge in [-0.3, -0.25) is 9.59 Å². The maximum atomic E-state index is 12.7. The number of amides is 2. The lowest BCUT2D eigenvalue weighted by molar-refractivity contribution is 0.101. The lowest BCUT2D eigenvalue weighted by Crippen LogP contribution is -2.16. The second-order valence-corrected chi connectivity index (χ2v) is 7.34. The van der Waals surface area contributed by atoms with E-state index in [1.165, 1.54) is 0 Å². The number of nitrogens with zero attached hydrogens (tertiary/aromatic N) is 1. The number of hydrogen-bond donors (Lipinski definition) is 2. The monoisotopic (exact) mass is 397 g/mol. The third-order valence-corrected chi connectivity index (χ3v) is 4.87. The van der Waals surface area contributed by atoms with Crippen LogP contribution in [0.3, 0.4) is 0 Å². The van der Waals surface area contributed by atoms with Crippen LogP contribution in [0.5, 0.6) is 0 Å². The normalized spacial score (nSPS) is 10.4. The number of carbonyl (C=O) groups excluding carboxylic acids is 2. The Hall–Kier alpha value is -3.91. The van der Waals surface area contributed by atoms with Crippen molar-refractivity contribution < 1.29 is 9.59 Å². The van der Waals surface area contributed by atoms with Gasteiger partial charge < -0.3 is 10.6 Å². The van der Waals surface area contributed by atoms with E-state index in [1.807, 2.05) is 31.2 Å². The molecule has 3 aromatic rings. The van der Waals surface area contributed by atoms with Crippen LogP contribution in [-0.2, 0) is 0 Å². The summed E-state index contributed by atoms with van der Waals surface area (Å²) in [5.41, 5.74) is 4.61. The molecule has 0 atom stereocenters. The molecule has 150 valence electrons. The molecule has 3 aromatic carbocycles. The summed E-state index contributed by atoms with van der Waals surface area (Å²) in [7, 11) is 0. The van der Waals surface area contributed by atoms with Crippen molar-refractivity contribution in [1.82, 2.24) is 0 Å². The van der Waals surface area contributed by atoms with Crippen LogP contribution in [0, 0.1) is 18.3 Å². The van der Waals surface area contributed by atoms with Crippen molar-refractivity contribution in [2.75, 3.05) is 10.6 Å². The predicted octanol–water partition coefficient (Wildman–Crippen LogP) is 5.49. The molecule has 0 aromatic heterocycles. The summed E-state index contributed by atoms with van der Waals surface area (Å²) in [6.45, 7) is 6.14. The molecule has 5 heteroatoms. The maximum Gasteiger partial charge on any atom is 0.255 e. The SMILES string of the molecule is Cc1cccc(C(C)C)c1NC(=O)c1ccc(C(=O)Nc2ccccc2C#N)cc1. The van der Waals surface area contributed by atoms with Crippen molar-refractivity contribution in [1.29, 1.82) is 5.26 Å². The van der Waals surface area contributed by atoms with Crippen LogP contribution in [-0.4, -0.2) is 11.8 Å². The standard InChI is InChI=1S/C25H23N3O2/c1-16(2)21-9-6-7-17(3)23(21)28-25(30)19-13-11-18(12-14-19)24(29)27-22-10-5-4-8-20(22)15-26/h4-14,16H,1-3H3,(H,27,29)(H,28,30). The van der Waals surface area contributed by atoms with Gasteiger partial charge in [0, 0.05) is 16.8 Å². The molecule has 30 heavy (non-hydrogen) atoms. The number of nitriles is 1. The van der Waals surface area contributed by atoms with E-state index in [-0.39, 0.29) is 17.7 Å². The number of rotatable bonds is 5. The van der Waals surface area contributed by atoms with E-state index in [4.69, 9.17) is 5.26 Å². The molecule has 0 bridgehead atoms. The highest BCUT2D eigenvalue weighted by atomic mass is 16.2. The van der Waals surface area contributed by atoms with Gasteiger partial charge in [0.05, 0.1) is 11.3 Å². The van der Waals surface area contributed by atoms with Gasteiger partial charge in [0.2, 0.25) is 0 Å². The molecule has 0 aliphatic carbocycles. The number of aryl methyl sites for hydroxylation is 1. The topological polar surface area (TPSA) is 82.0 Å². The average molecular weight is 397 g/mol. The van der Waals surface area contributed by atoms with Gasteiger partial charge >= 0.3 is 0 Å². The van der Waals surface area contributed by atoms with E-state index in [2.05, 4.69) is 24.5 Å². The van der Waals surface area contributed by atoms with E-state index in [1.54, 1.807) is 48.5 Å². The minimum atomic E-state index is -0.342. The van der Waals surface area contributed by atoms with Crippen LogP contribution in [0.15, 0.2) is 66.7 Å². The maximum absolute atomic E-state index is 12.7. The average Bonchev–Trinajstić information content (AvgIpc) is 2.75. The molecule has 0 aliphatic rings.